The van der Waals surface area contributed by atoms with Gasteiger partial charge >= 0.3 is 5.97 Å². The predicted octanol–water partition coefficient (Wildman–Crippen LogP) is 2.17. The first-order valence-corrected chi connectivity index (χ1v) is 11.9. The molecule has 32 heavy (non-hydrogen) atoms. The summed E-state index contributed by atoms with van der Waals surface area (Å²) < 4.78 is 32.3. The maximum atomic E-state index is 13.1. The third-order valence-electron chi connectivity index (χ3n) is 5.58. The normalized spacial score (nSPS) is 19.0. The molecule has 1 saturated heterocycles. The van der Waals surface area contributed by atoms with Gasteiger partial charge in [-0.2, -0.15) is 4.31 Å². The van der Waals surface area contributed by atoms with Gasteiger partial charge in [0, 0.05) is 18.7 Å². The summed E-state index contributed by atoms with van der Waals surface area (Å²) in [5.74, 6) is -1.41. The van der Waals surface area contributed by atoms with Crippen LogP contribution in [-0.4, -0.2) is 55.0 Å². The lowest BCUT2D eigenvalue weighted by Gasteiger charge is -2.22. The van der Waals surface area contributed by atoms with Crippen LogP contribution in [0.3, 0.4) is 0 Å². The standard InChI is InChI=1S/C23H28N2O6S/c1-4-17-6-8-18(9-7-17)24-22(27)14-31-23(28)21-12-19(26)13-25(21)32(29,30)20-10-5-15(2)16(3)11-20/h5-11,19,21,26H,4,12-14H2,1-3H3,(H,24,27)/t19?,21-/m0/s1. The zero-order valence-electron chi connectivity index (χ0n) is 18.4. The van der Waals surface area contributed by atoms with E-state index in [9.17, 15) is 23.1 Å². The highest BCUT2D eigenvalue weighted by molar-refractivity contribution is 7.89. The monoisotopic (exact) mass is 460 g/mol. The van der Waals surface area contributed by atoms with Gasteiger partial charge in [0.25, 0.3) is 5.91 Å². The van der Waals surface area contributed by atoms with E-state index in [1.54, 1.807) is 25.1 Å². The molecule has 3 rings (SSSR count). The molecule has 1 fully saturated rings. The predicted molar refractivity (Wildman–Crippen MR) is 120 cm³/mol. The number of aliphatic hydroxyl groups is 1. The second-order valence-electron chi connectivity index (χ2n) is 7.93. The molecule has 0 aromatic heterocycles. The van der Waals surface area contributed by atoms with Crippen molar-refractivity contribution in [1.82, 2.24) is 4.31 Å². The van der Waals surface area contributed by atoms with Gasteiger partial charge in [-0.1, -0.05) is 25.1 Å². The zero-order valence-corrected chi connectivity index (χ0v) is 19.2. The molecule has 2 N–H and O–H groups in total. The minimum atomic E-state index is -4.03. The van der Waals surface area contributed by atoms with Crippen molar-refractivity contribution in [3.05, 3.63) is 59.2 Å². The summed E-state index contributed by atoms with van der Waals surface area (Å²) in [6, 6.07) is 10.8. The van der Waals surface area contributed by atoms with Crippen LogP contribution in [0, 0.1) is 13.8 Å². The number of ether oxygens (including phenoxy) is 1. The van der Waals surface area contributed by atoms with Crippen LogP contribution in [0.2, 0.25) is 0 Å². The highest BCUT2D eigenvalue weighted by atomic mass is 32.2. The van der Waals surface area contributed by atoms with E-state index < -0.39 is 40.7 Å². The number of nitrogens with one attached hydrogen (secondary N) is 1. The lowest BCUT2D eigenvalue weighted by Crippen LogP contribution is -2.42. The van der Waals surface area contributed by atoms with Crippen molar-refractivity contribution in [1.29, 1.82) is 0 Å². The van der Waals surface area contributed by atoms with Crippen LogP contribution in [0.25, 0.3) is 0 Å². The number of anilines is 1. The summed E-state index contributed by atoms with van der Waals surface area (Å²) in [6.45, 7) is 4.92. The van der Waals surface area contributed by atoms with Gasteiger partial charge in [0.15, 0.2) is 6.61 Å². The fourth-order valence-corrected chi connectivity index (χ4v) is 5.24. The topological polar surface area (TPSA) is 113 Å². The molecule has 8 nitrogen and oxygen atoms in total. The minimum absolute atomic E-state index is 0.0424. The van der Waals surface area contributed by atoms with Crippen molar-refractivity contribution in [3.63, 3.8) is 0 Å². The molecule has 0 aliphatic carbocycles. The molecule has 1 aliphatic rings. The Labute approximate surface area is 188 Å². The number of aliphatic hydroxyl groups excluding tert-OH is 1. The number of sulfonamides is 1. The first-order chi connectivity index (χ1) is 15.1. The molecule has 1 unspecified atom stereocenters. The van der Waals surface area contributed by atoms with E-state index in [-0.39, 0.29) is 17.9 Å². The third kappa shape index (κ3) is 5.35. The van der Waals surface area contributed by atoms with Gasteiger partial charge in [0.05, 0.1) is 11.0 Å². The van der Waals surface area contributed by atoms with Crippen molar-refractivity contribution in [3.8, 4) is 0 Å². The van der Waals surface area contributed by atoms with Crippen LogP contribution >= 0.6 is 0 Å². The smallest absolute Gasteiger partial charge is 0.325 e. The number of carbonyl (C=O) groups excluding carboxylic acids is 2. The van der Waals surface area contributed by atoms with Crippen molar-refractivity contribution in [2.75, 3.05) is 18.5 Å². The third-order valence-corrected chi connectivity index (χ3v) is 7.45. The van der Waals surface area contributed by atoms with E-state index in [4.69, 9.17) is 4.74 Å². The molecule has 1 aliphatic heterocycles. The molecule has 0 bridgehead atoms. The SMILES string of the molecule is CCc1ccc(NC(=O)COC(=O)[C@@H]2CC(O)CN2S(=O)(=O)c2ccc(C)c(C)c2)cc1. The summed E-state index contributed by atoms with van der Waals surface area (Å²) in [5, 5.41) is 12.7. The van der Waals surface area contributed by atoms with Gasteiger partial charge in [0.1, 0.15) is 6.04 Å². The maximum absolute atomic E-state index is 13.1. The van der Waals surface area contributed by atoms with Gasteiger partial charge in [-0.3, -0.25) is 9.59 Å². The highest BCUT2D eigenvalue weighted by Crippen LogP contribution is 2.28. The summed E-state index contributed by atoms with van der Waals surface area (Å²) in [4.78, 5) is 24.8. The number of hydrogen-bond donors (Lipinski definition) is 2. The van der Waals surface area contributed by atoms with Gasteiger partial charge in [-0.05, 0) is 61.2 Å². The zero-order chi connectivity index (χ0) is 23.5. The summed E-state index contributed by atoms with van der Waals surface area (Å²) in [7, 11) is -4.03. The number of β-amino-alcohol motifs (C(OH)–C–C–N with tert-alkyl or cyclic N) is 1. The van der Waals surface area contributed by atoms with E-state index in [2.05, 4.69) is 5.32 Å². The summed E-state index contributed by atoms with van der Waals surface area (Å²) in [6.07, 6.45) is -0.219. The van der Waals surface area contributed by atoms with Gasteiger partial charge in [-0.15, -0.1) is 0 Å². The number of nitrogens with zero attached hydrogens (tertiary/aromatic N) is 1. The fourth-order valence-electron chi connectivity index (χ4n) is 3.53. The number of amides is 1. The number of esters is 1. The number of hydrogen-bond acceptors (Lipinski definition) is 6. The number of carbonyl (C=O) groups is 2. The molecule has 0 spiro atoms. The van der Waals surface area contributed by atoms with Gasteiger partial charge in [-0.25, -0.2) is 8.42 Å². The Hall–Kier alpha value is -2.75. The fraction of sp³-hybridized carbons (Fsp3) is 0.391. The number of benzene rings is 2. The van der Waals surface area contributed by atoms with Crippen LogP contribution < -0.4 is 5.32 Å². The Balaban J connectivity index is 1.66. The Bertz CT molecular complexity index is 1100. The largest absolute Gasteiger partial charge is 0.454 e. The molecule has 1 heterocycles. The quantitative estimate of drug-likeness (QED) is 0.613. The molecule has 2 atom stereocenters. The van der Waals surface area contributed by atoms with Crippen molar-refractivity contribution in [2.24, 2.45) is 0 Å². The van der Waals surface area contributed by atoms with E-state index in [0.717, 1.165) is 27.4 Å². The maximum Gasteiger partial charge on any atom is 0.325 e. The molecular weight excluding hydrogens is 432 g/mol. The van der Waals surface area contributed by atoms with Gasteiger partial charge < -0.3 is 15.2 Å². The lowest BCUT2D eigenvalue weighted by atomic mass is 10.1. The molecule has 1 amide bonds. The number of aryl methyl sites for hydroxylation is 3. The first-order valence-electron chi connectivity index (χ1n) is 10.4. The first kappa shape index (κ1) is 23.9. The summed E-state index contributed by atoms with van der Waals surface area (Å²) >= 11 is 0. The molecule has 0 radical (unpaired) electrons. The lowest BCUT2D eigenvalue weighted by molar-refractivity contribution is -0.150. The Morgan fingerprint density at radius 2 is 1.81 bits per heavy atom. The van der Waals surface area contributed by atoms with Crippen molar-refractivity contribution < 1.29 is 27.9 Å². The molecule has 2 aromatic rings. The molecular formula is C23H28N2O6S. The Morgan fingerprint density at radius 3 is 2.44 bits per heavy atom. The van der Waals surface area contributed by atoms with E-state index in [1.165, 1.54) is 12.1 Å². The Morgan fingerprint density at radius 1 is 1.12 bits per heavy atom. The van der Waals surface area contributed by atoms with Crippen LogP contribution in [0.15, 0.2) is 47.4 Å². The average Bonchev–Trinajstić information content (AvgIpc) is 3.17. The summed E-state index contributed by atoms with van der Waals surface area (Å²) in [5.41, 5.74) is 3.43. The van der Waals surface area contributed by atoms with Crippen molar-refractivity contribution in [2.45, 2.75) is 50.7 Å². The van der Waals surface area contributed by atoms with E-state index in [1.807, 2.05) is 26.0 Å². The Kier molecular flexibility index (Phi) is 7.33. The van der Waals surface area contributed by atoms with Crippen molar-refractivity contribution >= 4 is 27.6 Å². The van der Waals surface area contributed by atoms with Crippen LogP contribution in [0.4, 0.5) is 5.69 Å². The van der Waals surface area contributed by atoms with Crippen LogP contribution in [-0.2, 0) is 30.8 Å². The molecule has 2 aromatic carbocycles. The second-order valence-corrected chi connectivity index (χ2v) is 9.82. The average molecular weight is 461 g/mol. The van der Waals surface area contributed by atoms with Crippen LogP contribution in [0.5, 0.6) is 0 Å². The molecule has 9 heteroatoms. The molecule has 172 valence electrons. The van der Waals surface area contributed by atoms with Crippen LogP contribution in [0.1, 0.15) is 30.0 Å². The second kappa shape index (κ2) is 9.81. The number of rotatable bonds is 7. The molecule has 0 saturated carbocycles. The van der Waals surface area contributed by atoms with Gasteiger partial charge in [0.2, 0.25) is 10.0 Å². The minimum Gasteiger partial charge on any atom is -0.454 e. The van der Waals surface area contributed by atoms with E-state index >= 15 is 0 Å². The van der Waals surface area contributed by atoms with E-state index in [0.29, 0.717) is 5.69 Å². The highest BCUT2D eigenvalue weighted by Gasteiger charge is 2.44.